The Morgan fingerprint density at radius 1 is 1.06 bits per heavy atom. The Labute approximate surface area is 207 Å². The summed E-state index contributed by atoms with van der Waals surface area (Å²) in [6, 6.07) is 9.56. The summed E-state index contributed by atoms with van der Waals surface area (Å²) in [5, 5.41) is 2.78. The molecule has 1 N–H and O–H groups in total. The lowest BCUT2D eigenvalue weighted by Crippen LogP contribution is -2.60. The van der Waals surface area contributed by atoms with Crippen molar-refractivity contribution in [1.82, 2.24) is 20.0 Å². The Morgan fingerprint density at radius 3 is 2.77 bits per heavy atom. The lowest BCUT2D eigenvalue weighted by atomic mass is 9.68. The first-order valence-electron chi connectivity index (χ1n) is 13.5. The van der Waals surface area contributed by atoms with Crippen LogP contribution >= 0.6 is 0 Å². The number of amides is 4. The molecule has 0 spiro atoms. The van der Waals surface area contributed by atoms with E-state index in [0.29, 0.717) is 30.8 Å². The van der Waals surface area contributed by atoms with Gasteiger partial charge < -0.3 is 10.2 Å². The van der Waals surface area contributed by atoms with E-state index in [2.05, 4.69) is 16.3 Å². The first-order chi connectivity index (χ1) is 17.1. The predicted octanol–water partition coefficient (Wildman–Crippen LogP) is 2.96. The number of rotatable bonds is 5. The molecule has 5 aliphatic rings. The first-order valence-corrected chi connectivity index (χ1v) is 13.5. The van der Waals surface area contributed by atoms with Gasteiger partial charge in [-0.05, 0) is 62.5 Å². The molecule has 4 heterocycles. The van der Waals surface area contributed by atoms with E-state index in [0.717, 1.165) is 31.5 Å². The molecule has 4 amide bonds. The highest BCUT2D eigenvalue weighted by Crippen LogP contribution is 2.45. The van der Waals surface area contributed by atoms with Gasteiger partial charge in [0, 0.05) is 25.7 Å². The fourth-order valence-electron chi connectivity index (χ4n) is 7.36. The molecule has 1 aromatic carbocycles. The number of nitrogens with one attached hydrogen (secondary N) is 1. The molecule has 7 nitrogen and oxygen atoms in total. The van der Waals surface area contributed by atoms with Crippen LogP contribution in [0, 0.1) is 11.8 Å². The predicted molar refractivity (Wildman–Crippen MR) is 132 cm³/mol. The number of urea groups is 1. The number of hydrogen-bond acceptors (Lipinski definition) is 4. The maximum atomic E-state index is 13.6. The minimum atomic E-state index is -0.755. The molecular formula is C28H36N4O3. The van der Waals surface area contributed by atoms with Gasteiger partial charge in [-0.25, -0.2) is 4.79 Å². The van der Waals surface area contributed by atoms with Gasteiger partial charge in [0.25, 0.3) is 5.91 Å². The van der Waals surface area contributed by atoms with Crippen LogP contribution in [0.25, 0.3) is 0 Å². The highest BCUT2D eigenvalue weighted by molar-refractivity contribution is 6.05. The van der Waals surface area contributed by atoms with E-state index in [9.17, 15) is 14.4 Å². The summed E-state index contributed by atoms with van der Waals surface area (Å²) in [7, 11) is 0. The maximum Gasteiger partial charge on any atom is 0.324 e. The summed E-state index contributed by atoms with van der Waals surface area (Å²) in [6.45, 7) is 3.35. The van der Waals surface area contributed by atoms with Gasteiger partial charge in [0.2, 0.25) is 5.91 Å². The Kier molecular flexibility index (Phi) is 6.13. The fourth-order valence-corrected chi connectivity index (χ4v) is 7.36. The van der Waals surface area contributed by atoms with E-state index >= 15 is 0 Å². The van der Waals surface area contributed by atoms with Crippen LogP contribution in [-0.4, -0.2) is 76.8 Å². The summed E-state index contributed by atoms with van der Waals surface area (Å²) in [6.07, 6.45) is 10.3. The van der Waals surface area contributed by atoms with Gasteiger partial charge in [-0.2, -0.15) is 0 Å². The van der Waals surface area contributed by atoms with E-state index in [1.807, 2.05) is 35.2 Å². The second kappa shape index (κ2) is 9.41. The summed E-state index contributed by atoms with van der Waals surface area (Å²) < 4.78 is 0. The van der Waals surface area contributed by atoms with Crippen molar-refractivity contribution in [2.75, 3.05) is 26.2 Å². The Hall–Kier alpha value is -2.67. The van der Waals surface area contributed by atoms with Crippen LogP contribution in [0.2, 0.25) is 0 Å². The average Bonchev–Trinajstić information content (AvgIpc) is 3.14. The number of imide groups is 1. The van der Waals surface area contributed by atoms with Gasteiger partial charge in [0.05, 0.1) is 12.5 Å². The third kappa shape index (κ3) is 4.28. The van der Waals surface area contributed by atoms with Gasteiger partial charge in [-0.3, -0.25) is 19.4 Å². The monoisotopic (exact) mass is 476 g/mol. The van der Waals surface area contributed by atoms with Crippen LogP contribution in [0.5, 0.6) is 0 Å². The zero-order chi connectivity index (χ0) is 23.9. The third-order valence-corrected chi connectivity index (χ3v) is 8.93. The molecule has 35 heavy (non-hydrogen) atoms. The molecule has 0 aromatic heterocycles. The summed E-state index contributed by atoms with van der Waals surface area (Å²) in [4.78, 5) is 45.1. The number of carbonyl (C=O) groups excluding carboxylic acids is 3. The maximum absolute atomic E-state index is 13.6. The second-order valence-corrected chi connectivity index (χ2v) is 11.0. The molecule has 186 valence electrons. The van der Waals surface area contributed by atoms with E-state index in [4.69, 9.17) is 0 Å². The molecule has 5 atom stereocenters. The summed E-state index contributed by atoms with van der Waals surface area (Å²) >= 11 is 0. The SMILES string of the molecule is O=C1N[C@H](CC(=O)N2CCCC3=C[C@H]4C[C@@H](CN5CCCC[C@H]45)[C@@H]32)C(=O)N1CCc1ccccc1. The molecule has 4 aliphatic heterocycles. The number of nitrogens with zero attached hydrogens (tertiary/aromatic N) is 3. The number of benzene rings is 1. The van der Waals surface area contributed by atoms with Gasteiger partial charge in [-0.15, -0.1) is 0 Å². The summed E-state index contributed by atoms with van der Waals surface area (Å²) in [5.41, 5.74) is 2.53. The number of piperidine rings is 3. The van der Waals surface area contributed by atoms with Gasteiger partial charge in [0.1, 0.15) is 6.04 Å². The van der Waals surface area contributed by atoms with Gasteiger partial charge >= 0.3 is 6.03 Å². The molecule has 0 radical (unpaired) electrons. The first kappa shape index (κ1) is 22.8. The zero-order valence-electron chi connectivity index (χ0n) is 20.4. The number of fused-ring (bicyclic) bond motifs is 6. The Morgan fingerprint density at radius 2 is 1.91 bits per heavy atom. The minimum absolute atomic E-state index is 0.00313. The lowest BCUT2D eigenvalue weighted by Gasteiger charge is -2.54. The zero-order valence-corrected chi connectivity index (χ0v) is 20.4. The van der Waals surface area contributed by atoms with Crippen LogP contribution in [0.15, 0.2) is 42.0 Å². The largest absolute Gasteiger partial charge is 0.336 e. The minimum Gasteiger partial charge on any atom is -0.336 e. The lowest BCUT2D eigenvalue weighted by molar-refractivity contribution is -0.139. The standard InChI is InChI=1S/C28H36N4O3/c33-25(17-23-27(34)32(28(35)29-23)14-11-19-7-2-1-3-8-19)31-13-6-9-20-15-21-16-22(26(20)31)18-30-12-5-4-10-24(21)30/h1-3,7-8,15,21-24,26H,4-6,9-14,16-18H2,(H,29,35)/t21-,22-,23+,24+,26+/m0/s1. The molecule has 1 aliphatic carbocycles. The third-order valence-electron chi connectivity index (χ3n) is 8.93. The quantitative estimate of drug-likeness (QED) is 0.524. The van der Waals surface area contributed by atoms with E-state index in [1.54, 1.807) is 0 Å². The molecule has 6 rings (SSSR count). The topological polar surface area (TPSA) is 73.0 Å². The molecule has 0 unspecified atom stereocenters. The normalized spacial score (nSPS) is 32.6. The van der Waals surface area contributed by atoms with Crippen LogP contribution in [0.4, 0.5) is 4.79 Å². The Bertz CT molecular complexity index is 1020. The second-order valence-electron chi connectivity index (χ2n) is 11.0. The molecular weight excluding hydrogens is 440 g/mol. The van der Waals surface area contributed by atoms with Gasteiger partial charge in [-0.1, -0.05) is 48.4 Å². The van der Waals surface area contributed by atoms with Crippen molar-refractivity contribution < 1.29 is 14.4 Å². The van der Waals surface area contributed by atoms with Crippen molar-refractivity contribution in [2.45, 2.75) is 69.5 Å². The van der Waals surface area contributed by atoms with Crippen molar-refractivity contribution in [3.05, 3.63) is 47.5 Å². The van der Waals surface area contributed by atoms with Crippen molar-refractivity contribution in [1.29, 1.82) is 0 Å². The number of likely N-dealkylation sites (tertiary alicyclic amines) is 1. The molecule has 4 fully saturated rings. The highest BCUT2D eigenvalue weighted by atomic mass is 16.2. The number of carbonyl (C=O) groups is 3. The fraction of sp³-hybridized carbons (Fsp3) is 0.607. The van der Waals surface area contributed by atoms with Crippen LogP contribution < -0.4 is 5.32 Å². The average molecular weight is 477 g/mol. The van der Waals surface area contributed by atoms with Crippen molar-refractivity contribution in [3.8, 4) is 0 Å². The van der Waals surface area contributed by atoms with Crippen molar-refractivity contribution >= 4 is 17.8 Å². The van der Waals surface area contributed by atoms with Crippen LogP contribution in [-0.2, 0) is 16.0 Å². The van der Waals surface area contributed by atoms with E-state index in [-0.39, 0.29) is 30.3 Å². The molecule has 2 bridgehead atoms. The molecule has 0 saturated carbocycles. The Balaban J connectivity index is 1.12. The molecule has 4 saturated heterocycles. The smallest absolute Gasteiger partial charge is 0.324 e. The number of hydrogen-bond donors (Lipinski definition) is 1. The highest BCUT2D eigenvalue weighted by Gasteiger charge is 2.48. The summed E-state index contributed by atoms with van der Waals surface area (Å²) in [5.74, 6) is 0.840. The van der Waals surface area contributed by atoms with E-state index in [1.165, 1.54) is 42.7 Å². The van der Waals surface area contributed by atoms with E-state index < -0.39 is 6.04 Å². The van der Waals surface area contributed by atoms with Gasteiger partial charge in [0.15, 0.2) is 0 Å². The van der Waals surface area contributed by atoms with Crippen LogP contribution in [0.3, 0.4) is 0 Å². The molecule has 1 aromatic rings. The van der Waals surface area contributed by atoms with Crippen LogP contribution in [0.1, 0.15) is 50.5 Å². The van der Waals surface area contributed by atoms with Crippen molar-refractivity contribution in [2.24, 2.45) is 11.8 Å². The van der Waals surface area contributed by atoms with Crippen molar-refractivity contribution in [3.63, 3.8) is 0 Å². The molecule has 7 heteroatoms.